The summed E-state index contributed by atoms with van der Waals surface area (Å²) in [4.78, 5) is 36.2. The first-order chi connectivity index (χ1) is 19.1. The van der Waals surface area contributed by atoms with Gasteiger partial charge in [0.1, 0.15) is 18.3 Å². The van der Waals surface area contributed by atoms with Gasteiger partial charge in [-0.3, -0.25) is 9.59 Å². The molecule has 12 nitrogen and oxygen atoms in total. The minimum Gasteiger partial charge on any atom is -0.477 e. The average molecular weight is 563 g/mol. The summed E-state index contributed by atoms with van der Waals surface area (Å²) in [6.07, 6.45) is -4.47. The Bertz CT molecular complexity index is 1160. The van der Waals surface area contributed by atoms with Gasteiger partial charge in [0.2, 0.25) is 11.8 Å². The van der Waals surface area contributed by atoms with Crippen molar-refractivity contribution in [2.45, 2.75) is 81.7 Å². The van der Waals surface area contributed by atoms with Gasteiger partial charge in [0, 0.05) is 30.8 Å². The smallest absolute Gasteiger partial charge is 0.364 e. The van der Waals surface area contributed by atoms with Crippen LogP contribution in [0.5, 0.6) is 0 Å². The number of ether oxygens (including phenoxy) is 2. The Labute approximate surface area is 231 Å². The number of fused-ring (bicyclic) bond motifs is 1. The van der Waals surface area contributed by atoms with Crippen LogP contribution in [0.25, 0.3) is 10.8 Å². The van der Waals surface area contributed by atoms with Crippen molar-refractivity contribution in [2.75, 3.05) is 18.5 Å². The van der Waals surface area contributed by atoms with Crippen LogP contribution >= 0.6 is 0 Å². The highest BCUT2D eigenvalue weighted by molar-refractivity contribution is 6.02. The highest BCUT2D eigenvalue weighted by Crippen LogP contribution is 2.34. The van der Waals surface area contributed by atoms with Crippen LogP contribution < -0.4 is 10.6 Å². The van der Waals surface area contributed by atoms with Crippen LogP contribution in [0.3, 0.4) is 0 Å². The Morgan fingerprint density at radius 1 is 1.07 bits per heavy atom. The molecule has 0 spiro atoms. The second-order valence-electron chi connectivity index (χ2n) is 9.97. The molecule has 0 radical (unpaired) electrons. The third-order valence-electron chi connectivity index (χ3n) is 6.88. The molecule has 1 aliphatic rings. The second kappa shape index (κ2) is 14.5. The lowest BCUT2D eigenvalue weighted by molar-refractivity contribution is -0.311. The lowest BCUT2D eigenvalue weighted by atomic mass is 9.88. The molecule has 6 atom stereocenters. The molecule has 0 bridgehead atoms. The van der Waals surface area contributed by atoms with E-state index in [2.05, 4.69) is 10.6 Å². The number of carbonyl (C=O) groups excluding carboxylic acids is 2. The molecule has 3 rings (SSSR count). The van der Waals surface area contributed by atoms with Gasteiger partial charge in [-0.15, -0.1) is 0 Å². The fourth-order valence-electron chi connectivity index (χ4n) is 4.80. The second-order valence-corrected chi connectivity index (χ2v) is 9.97. The number of aliphatic hydroxyl groups is 4. The summed E-state index contributed by atoms with van der Waals surface area (Å²) in [5.41, 5.74) is 0.751. The molecule has 220 valence electrons. The summed E-state index contributed by atoms with van der Waals surface area (Å²) < 4.78 is 11.1. The number of amides is 2. The van der Waals surface area contributed by atoms with E-state index < -0.39 is 61.1 Å². The summed E-state index contributed by atoms with van der Waals surface area (Å²) >= 11 is 0. The molecule has 2 aromatic rings. The predicted octanol–water partition coefficient (Wildman–Crippen LogP) is 0.895. The highest BCUT2D eigenvalue weighted by atomic mass is 16.7. The molecule has 2 amide bonds. The van der Waals surface area contributed by atoms with E-state index in [1.54, 1.807) is 0 Å². The molecule has 40 heavy (non-hydrogen) atoms. The monoisotopic (exact) mass is 562 g/mol. The van der Waals surface area contributed by atoms with Crippen molar-refractivity contribution in [3.63, 3.8) is 0 Å². The molecule has 0 aromatic heterocycles. The molecule has 1 saturated heterocycles. The molecule has 0 saturated carbocycles. The summed E-state index contributed by atoms with van der Waals surface area (Å²) in [6.45, 7) is 0.254. The van der Waals surface area contributed by atoms with Crippen molar-refractivity contribution >= 4 is 34.2 Å². The van der Waals surface area contributed by atoms with Crippen LogP contribution in [0.2, 0.25) is 0 Å². The van der Waals surface area contributed by atoms with Crippen molar-refractivity contribution in [3.8, 4) is 0 Å². The maximum atomic E-state index is 12.4. The fraction of sp³-hybridized carbons (Fsp3) is 0.536. The number of unbranched alkanes of at least 4 members (excludes halogenated alkanes) is 3. The Hall–Kier alpha value is -3.13. The Balaban J connectivity index is 1.48. The summed E-state index contributed by atoms with van der Waals surface area (Å²) in [6, 6.07) is 12.2. The van der Waals surface area contributed by atoms with E-state index >= 15 is 0 Å². The first-order valence-corrected chi connectivity index (χ1v) is 13.3. The van der Waals surface area contributed by atoms with Gasteiger partial charge in [-0.25, -0.2) is 4.79 Å². The zero-order valence-corrected chi connectivity index (χ0v) is 22.4. The largest absolute Gasteiger partial charge is 0.477 e. The number of hydrogen-bond donors (Lipinski definition) is 7. The maximum absolute atomic E-state index is 12.4. The third-order valence-corrected chi connectivity index (χ3v) is 6.88. The Morgan fingerprint density at radius 3 is 2.48 bits per heavy atom. The van der Waals surface area contributed by atoms with E-state index in [-0.39, 0.29) is 12.5 Å². The summed E-state index contributed by atoms with van der Waals surface area (Å²) in [5, 5.41) is 57.4. The normalized spacial score (nSPS) is 24.3. The van der Waals surface area contributed by atoms with Crippen LogP contribution in [0.1, 0.15) is 45.4 Å². The quantitative estimate of drug-likeness (QED) is 0.163. The van der Waals surface area contributed by atoms with Gasteiger partial charge in [-0.05, 0) is 24.3 Å². The summed E-state index contributed by atoms with van der Waals surface area (Å²) in [7, 11) is 0. The number of benzene rings is 2. The number of carboxylic acids is 1. The number of aliphatic hydroxyl groups excluding tert-OH is 4. The zero-order valence-electron chi connectivity index (χ0n) is 22.4. The lowest BCUT2D eigenvalue weighted by Gasteiger charge is -2.46. The number of rotatable bonds is 14. The summed E-state index contributed by atoms with van der Waals surface area (Å²) in [5.74, 6) is -4.56. The Kier molecular flexibility index (Phi) is 11.4. The van der Waals surface area contributed by atoms with E-state index in [4.69, 9.17) is 9.47 Å². The maximum Gasteiger partial charge on any atom is 0.364 e. The molecule has 0 unspecified atom stereocenters. The number of aliphatic carboxylic acids is 1. The molecular weight excluding hydrogens is 524 g/mol. The van der Waals surface area contributed by atoms with Crippen molar-refractivity contribution in [1.82, 2.24) is 5.32 Å². The van der Waals surface area contributed by atoms with E-state index in [1.165, 1.54) is 6.92 Å². The topological polar surface area (TPSA) is 195 Å². The van der Waals surface area contributed by atoms with Gasteiger partial charge < -0.3 is 45.6 Å². The minimum atomic E-state index is -2.34. The molecule has 1 fully saturated rings. The highest BCUT2D eigenvalue weighted by Gasteiger charge is 2.55. The molecule has 7 N–H and O–H groups in total. The van der Waals surface area contributed by atoms with Gasteiger partial charge in [-0.1, -0.05) is 49.2 Å². The molecular formula is C28H38N2O10. The zero-order chi connectivity index (χ0) is 29.3. The first-order valence-electron chi connectivity index (χ1n) is 13.3. The Morgan fingerprint density at radius 2 is 1.77 bits per heavy atom. The molecule has 0 aliphatic carbocycles. The van der Waals surface area contributed by atoms with Crippen LogP contribution in [0, 0.1) is 0 Å². The van der Waals surface area contributed by atoms with Crippen molar-refractivity contribution in [2.24, 2.45) is 0 Å². The third kappa shape index (κ3) is 7.96. The van der Waals surface area contributed by atoms with E-state index in [1.807, 2.05) is 42.5 Å². The van der Waals surface area contributed by atoms with Crippen LogP contribution in [-0.2, 0) is 23.9 Å². The standard InChI is InChI=1S/C28H38N2O10/c1-17(32)29-24-21(33)15-28(27(37)38,40-26(24)25(36)22(34)16-31)39-14-7-3-2-4-13-23(35)30-20-12-8-10-18-9-5-6-11-19(18)20/h5-6,8-12,21-22,24-26,31,33-34,36H,2-4,7,13-16H2,1H3,(H,29,32)(H,30,35)(H,37,38)/t21-,22+,24+,25+,26+,28+/m0/s1. The van der Waals surface area contributed by atoms with Crippen molar-refractivity contribution in [3.05, 3.63) is 42.5 Å². The number of hydrogen-bond acceptors (Lipinski definition) is 9. The predicted molar refractivity (Wildman–Crippen MR) is 144 cm³/mol. The number of carboxylic acid groups (broad SMARTS) is 1. The van der Waals surface area contributed by atoms with Crippen LogP contribution in [-0.4, -0.2) is 92.8 Å². The van der Waals surface area contributed by atoms with Crippen molar-refractivity contribution < 1.29 is 49.4 Å². The first kappa shape index (κ1) is 31.4. The van der Waals surface area contributed by atoms with Crippen LogP contribution in [0.4, 0.5) is 5.69 Å². The van der Waals surface area contributed by atoms with E-state index in [9.17, 15) is 39.9 Å². The fourth-order valence-corrected chi connectivity index (χ4v) is 4.80. The molecule has 2 aromatic carbocycles. The molecule has 1 aliphatic heterocycles. The minimum absolute atomic E-state index is 0.0581. The van der Waals surface area contributed by atoms with Crippen LogP contribution in [0.15, 0.2) is 42.5 Å². The van der Waals surface area contributed by atoms with Gasteiger partial charge in [0.25, 0.3) is 5.79 Å². The average Bonchev–Trinajstić information content (AvgIpc) is 2.92. The lowest BCUT2D eigenvalue weighted by Crippen LogP contribution is -2.67. The van der Waals surface area contributed by atoms with Gasteiger partial charge in [0.15, 0.2) is 0 Å². The van der Waals surface area contributed by atoms with E-state index in [0.29, 0.717) is 32.1 Å². The molecule has 12 heteroatoms. The van der Waals surface area contributed by atoms with Gasteiger partial charge in [-0.2, -0.15) is 0 Å². The number of anilines is 1. The molecule has 1 heterocycles. The van der Waals surface area contributed by atoms with E-state index in [0.717, 1.165) is 16.5 Å². The number of carbonyl (C=O) groups is 3. The number of nitrogens with one attached hydrogen (secondary N) is 2. The SMILES string of the molecule is CC(=O)N[C@H]1[C@H]([C@H](O)[C@H](O)CO)O[C@@](OCCCCCCC(=O)Nc2cccc3ccccc23)(C(=O)O)C[C@@H]1O. The van der Waals surface area contributed by atoms with Gasteiger partial charge >= 0.3 is 5.97 Å². The van der Waals surface area contributed by atoms with Crippen molar-refractivity contribution in [1.29, 1.82) is 0 Å². The van der Waals surface area contributed by atoms with Gasteiger partial charge in [0.05, 0.1) is 25.4 Å².